The summed E-state index contributed by atoms with van der Waals surface area (Å²) in [6.45, 7) is 6.19. The Balaban J connectivity index is 1.37. The fraction of sp³-hybridized carbons (Fsp3) is 0.400. The van der Waals surface area contributed by atoms with Crippen LogP contribution in [0.15, 0.2) is 42.5 Å². The molecule has 1 aliphatic carbocycles. The number of thiazole rings is 1. The van der Waals surface area contributed by atoms with E-state index in [4.69, 9.17) is 4.98 Å². The maximum atomic E-state index is 13.2. The highest BCUT2D eigenvalue weighted by Crippen LogP contribution is 2.32. The molecule has 6 heteroatoms. The monoisotopic (exact) mass is 434 g/mol. The zero-order valence-electron chi connectivity index (χ0n) is 18.1. The predicted molar refractivity (Wildman–Crippen MR) is 124 cm³/mol. The van der Waals surface area contributed by atoms with Gasteiger partial charge in [-0.3, -0.25) is 9.59 Å². The number of rotatable bonds is 7. The van der Waals surface area contributed by atoms with Gasteiger partial charge in [0.2, 0.25) is 5.91 Å². The van der Waals surface area contributed by atoms with Gasteiger partial charge in [-0.2, -0.15) is 0 Å². The van der Waals surface area contributed by atoms with Crippen LogP contribution in [0, 0.1) is 12.8 Å². The minimum absolute atomic E-state index is 0.0442. The van der Waals surface area contributed by atoms with Crippen LogP contribution in [0.3, 0.4) is 0 Å². The Morgan fingerprint density at radius 2 is 1.90 bits per heavy atom. The summed E-state index contributed by atoms with van der Waals surface area (Å²) in [5.41, 5.74) is 3.89. The zero-order valence-corrected chi connectivity index (χ0v) is 18.9. The van der Waals surface area contributed by atoms with Crippen molar-refractivity contribution in [3.05, 3.63) is 48.0 Å². The molecule has 31 heavy (non-hydrogen) atoms. The van der Waals surface area contributed by atoms with E-state index in [0.717, 1.165) is 41.5 Å². The van der Waals surface area contributed by atoms with Gasteiger partial charge in [0.05, 0.1) is 35.4 Å². The highest BCUT2D eigenvalue weighted by Gasteiger charge is 2.46. The molecule has 2 heterocycles. The number of imide groups is 1. The summed E-state index contributed by atoms with van der Waals surface area (Å²) in [5, 5.41) is 0.951. The van der Waals surface area contributed by atoms with Crippen LogP contribution in [0.5, 0.6) is 0 Å². The Morgan fingerprint density at radius 3 is 2.61 bits per heavy atom. The lowest BCUT2D eigenvalue weighted by Crippen LogP contribution is -3.17. The van der Waals surface area contributed by atoms with Crippen LogP contribution in [0.2, 0.25) is 0 Å². The average molecular weight is 435 g/mol. The van der Waals surface area contributed by atoms with Gasteiger partial charge in [0, 0.05) is 11.5 Å². The van der Waals surface area contributed by atoms with Crippen molar-refractivity contribution in [2.45, 2.75) is 45.6 Å². The van der Waals surface area contributed by atoms with Crippen LogP contribution in [-0.2, 0) is 9.59 Å². The van der Waals surface area contributed by atoms with Gasteiger partial charge < -0.3 is 4.90 Å². The van der Waals surface area contributed by atoms with E-state index >= 15 is 0 Å². The Kier molecular flexibility index (Phi) is 5.36. The molecular weight excluding hydrogens is 406 g/mol. The highest BCUT2D eigenvalue weighted by molar-refractivity contribution is 7.21. The first-order chi connectivity index (χ1) is 15.0. The highest BCUT2D eigenvalue weighted by atomic mass is 32.1. The van der Waals surface area contributed by atoms with E-state index in [2.05, 4.69) is 26.0 Å². The minimum atomic E-state index is -0.236. The summed E-state index contributed by atoms with van der Waals surface area (Å²) >= 11 is 1.66. The molecule has 0 spiro atoms. The second-order valence-corrected chi connectivity index (χ2v) is 9.95. The van der Waals surface area contributed by atoms with Gasteiger partial charge in [0.1, 0.15) is 5.01 Å². The molecule has 1 saturated heterocycles. The smallest absolute Gasteiger partial charge is 0.292 e. The van der Waals surface area contributed by atoms with Gasteiger partial charge in [0.15, 0.2) is 6.04 Å². The molecule has 2 aromatic carbocycles. The van der Waals surface area contributed by atoms with E-state index in [1.807, 2.05) is 30.3 Å². The number of carbonyl (C=O) groups is 2. The number of hydrogen-bond donors (Lipinski definition) is 1. The molecule has 2 atom stereocenters. The first-order valence-corrected chi connectivity index (χ1v) is 12.0. The van der Waals surface area contributed by atoms with Gasteiger partial charge in [-0.15, -0.1) is 11.3 Å². The maximum Gasteiger partial charge on any atom is 0.292 e. The summed E-state index contributed by atoms with van der Waals surface area (Å²) in [4.78, 5) is 33.4. The van der Waals surface area contributed by atoms with Crippen molar-refractivity contribution < 1.29 is 14.5 Å². The predicted octanol–water partition coefficient (Wildman–Crippen LogP) is 3.61. The molecule has 0 radical (unpaired) electrons. The number of aryl methyl sites for hydroxylation is 1. The van der Waals surface area contributed by atoms with Gasteiger partial charge in [-0.1, -0.05) is 13.0 Å². The van der Waals surface area contributed by atoms with Crippen molar-refractivity contribution in [1.82, 2.24) is 4.98 Å². The lowest BCUT2D eigenvalue weighted by Gasteiger charge is -2.24. The van der Waals surface area contributed by atoms with Crippen LogP contribution >= 0.6 is 11.3 Å². The number of hydrogen-bond acceptors (Lipinski definition) is 4. The lowest BCUT2D eigenvalue weighted by molar-refractivity contribution is -0.916. The number of aromatic nitrogens is 1. The van der Waals surface area contributed by atoms with Crippen molar-refractivity contribution in [1.29, 1.82) is 0 Å². The number of fused-ring (bicyclic) bond motifs is 1. The number of carbonyl (C=O) groups excluding carboxylic acids is 2. The van der Waals surface area contributed by atoms with E-state index in [0.29, 0.717) is 12.1 Å². The van der Waals surface area contributed by atoms with Crippen molar-refractivity contribution in [3.8, 4) is 10.6 Å². The first kappa shape index (κ1) is 20.3. The van der Waals surface area contributed by atoms with E-state index in [9.17, 15) is 9.59 Å². The molecule has 1 unspecified atom stereocenters. The van der Waals surface area contributed by atoms with Crippen LogP contribution in [-0.4, -0.2) is 35.9 Å². The average Bonchev–Trinajstić information content (AvgIpc) is 3.39. The third-order valence-electron chi connectivity index (χ3n) is 6.37. The summed E-state index contributed by atoms with van der Waals surface area (Å²) < 4.78 is 1.17. The van der Waals surface area contributed by atoms with Crippen LogP contribution in [0.1, 0.15) is 38.2 Å². The molecule has 5 nitrogen and oxygen atoms in total. The molecular formula is C25H28N3O2S+. The van der Waals surface area contributed by atoms with Gasteiger partial charge in [0.25, 0.3) is 5.91 Å². The van der Waals surface area contributed by atoms with E-state index in [-0.39, 0.29) is 17.9 Å². The molecule has 1 saturated carbocycles. The number of anilines is 1. The third-order valence-corrected chi connectivity index (χ3v) is 7.44. The molecule has 2 fully saturated rings. The summed E-state index contributed by atoms with van der Waals surface area (Å²) in [5.74, 6) is 0.607. The van der Waals surface area contributed by atoms with Crippen molar-refractivity contribution in [2.24, 2.45) is 5.92 Å². The molecule has 3 aromatic rings. The molecule has 0 bridgehead atoms. The standard InChI is InChI=1S/C25H27N3O2S/c1-3-12-27(15-17-5-6-17)21-14-23(29)28(25(21)30)19-9-7-18(8-10-19)24-26-20-11-4-16(2)13-22(20)31-24/h4,7-11,13,17,21H,3,5-6,12,14-15H2,1-2H3/p+1/t21-/m0/s1. The quantitative estimate of drug-likeness (QED) is 0.578. The van der Waals surface area contributed by atoms with Gasteiger partial charge in [-0.05, 0) is 68.1 Å². The summed E-state index contributed by atoms with van der Waals surface area (Å²) in [6.07, 6.45) is 3.87. The fourth-order valence-corrected chi connectivity index (χ4v) is 5.63. The largest absolute Gasteiger partial charge is 0.324 e. The maximum absolute atomic E-state index is 13.2. The Bertz CT molecular complexity index is 1130. The number of nitrogens with zero attached hydrogens (tertiary/aromatic N) is 2. The number of benzene rings is 2. The van der Waals surface area contributed by atoms with Crippen LogP contribution < -0.4 is 9.80 Å². The SMILES string of the molecule is CCC[NH+](CC1CC1)[C@H]1CC(=O)N(c2ccc(-c3nc4ccc(C)cc4s3)cc2)C1=O. The molecule has 2 aliphatic rings. The van der Waals surface area contributed by atoms with Crippen LogP contribution in [0.25, 0.3) is 20.8 Å². The van der Waals surface area contributed by atoms with Gasteiger partial charge >= 0.3 is 0 Å². The molecule has 1 aromatic heterocycles. The Hall–Kier alpha value is -2.57. The summed E-state index contributed by atoms with van der Waals surface area (Å²) in [6, 6.07) is 13.7. The normalized spacial score (nSPS) is 20.1. The minimum Gasteiger partial charge on any atom is -0.324 e. The second-order valence-electron chi connectivity index (χ2n) is 8.92. The molecule has 1 N–H and O–H groups in total. The first-order valence-electron chi connectivity index (χ1n) is 11.2. The molecule has 2 amide bonds. The van der Waals surface area contributed by atoms with E-state index in [1.54, 1.807) is 11.3 Å². The van der Waals surface area contributed by atoms with E-state index in [1.165, 1.54) is 32.9 Å². The lowest BCUT2D eigenvalue weighted by atomic mass is 10.1. The van der Waals surface area contributed by atoms with Crippen molar-refractivity contribution in [3.63, 3.8) is 0 Å². The van der Waals surface area contributed by atoms with Gasteiger partial charge in [-0.25, -0.2) is 9.88 Å². The van der Waals surface area contributed by atoms with Crippen LogP contribution in [0.4, 0.5) is 5.69 Å². The molecule has 5 rings (SSSR count). The summed E-state index contributed by atoms with van der Waals surface area (Å²) in [7, 11) is 0. The Labute approximate surface area is 186 Å². The van der Waals surface area contributed by atoms with Crippen molar-refractivity contribution in [2.75, 3.05) is 18.0 Å². The van der Waals surface area contributed by atoms with Crippen molar-refractivity contribution >= 4 is 39.1 Å². The number of quaternary nitrogens is 1. The Morgan fingerprint density at radius 1 is 1.13 bits per heavy atom. The fourth-order valence-electron chi connectivity index (χ4n) is 4.56. The second kappa shape index (κ2) is 8.17. The topological polar surface area (TPSA) is 54.7 Å². The number of amides is 2. The molecule has 160 valence electrons. The third kappa shape index (κ3) is 4.02. The zero-order chi connectivity index (χ0) is 21.5. The van der Waals surface area contributed by atoms with E-state index < -0.39 is 0 Å². The molecule has 1 aliphatic heterocycles. The number of nitrogens with one attached hydrogen (secondary N) is 1.